The molecule has 1 aromatic heterocycles. The Morgan fingerprint density at radius 3 is 3.00 bits per heavy atom. The number of nitrogens with two attached hydrogens (primary N) is 1. The molecular formula is C13H16N4O. The van der Waals surface area contributed by atoms with E-state index in [2.05, 4.69) is 15.5 Å². The molecule has 1 amide bonds. The zero-order chi connectivity index (χ0) is 12.6. The fourth-order valence-electron chi connectivity index (χ4n) is 2.46. The number of aromatic nitrogens is 2. The van der Waals surface area contributed by atoms with Gasteiger partial charge in [0.2, 0.25) is 5.91 Å². The summed E-state index contributed by atoms with van der Waals surface area (Å²) in [4.78, 5) is 12.3. The van der Waals surface area contributed by atoms with Gasteiger partial charge < -0.3 is 11.1 Å². The number of hydrogen-bond acceptors (Lipinski definition) is 3. The second-order valence-electron chi connectivity index (χ2n) is 4.93. The quantitative estimate of drug-likeness (QED) is 0.767. The molecule has 94 valence electrons. The molecule has 1 heterocycles. The maximum Gasteiger partial charge on any atom is 0.231 e. The molecule has 5 heteroatoms. The first kappa shape index (κ1) is 11.2. The average Bonchev–Trinajstić information content (AvgIpc) is 2.77. The Morgan fingerprint density at radius 1 is 1.50 bits per heavy atom. The van der Waals surface area contributed by atoms with Crippen molar-refractivity contribution in [3.63, 3.8) is 0 Å². The maximum absolute atomic E-state index is 12.3. The number of H-pyrrole nitrogens is 1. The number of para-hydroxylation sites is 1. The van der Waals surface area contributed by atoms with Gasteiger partial charge in [0, 0.05) is 11.9 Å². The Morgan fingerprint density at radius 2 is 2.33 bits per heavy atom. The third kappa shape index (κ3) is 1.59. The minimum atomic E-state index is -0.359. The van der Waals surface area contributed by atoms with E-state index in [1.807, 2.05) is 18.2 Å². The lowest BCUT2D eigenvalue weighted by atomic mass is 9.68. The van der Waals surface area contributed by atoms with E-state index in [-0.39, 0.29) is 11.3 Å². The first-order valence-electron chi connectivity index (χ1n) is 6.19. The molecule has 1 aliphatic rings. The van der Waals surface area contributed by atoms with E-state index in [0.717, 1.165) is 35.9 Å². The molecule has 1 aliphatic carbocycles. The lowest BCUT2D eigenvalue weighted by Crippen LogP contribution is -2.47. The molecule has 1 fully saturated rings. The molecule has 2 aromatic rings. The Labute approximate surface area is 105 Å². The summed E-state index contributed by atoms with van der Waals surface area (Å²) in [6, 6.07) is 5.74. The molecule has 1 saturated carbocycles. The smallest absolute Gasteiger partial charge is 0.231 e. The van der Waals surface area contributed by atoms with Crippen LogP contribution in [0.4, 0.5) is 5.69 Å². The van der Waals surface area contributed by atoms with Crippen molar-refractivity contribution in [3.05, 3.63) is 24.4 Å². The molecular weight excluding hydrogens is 228 g/mol. The topological polar surface area (TPSA) is 83.8 Å². The van der Waals surface area contributed by atoms with Crippen LogP contribution < -0.4 is 11.1 Å². The van der Waals surface area contributed by atoms with Crippen LogP contribution in [0.3, 0.4) is 0 Å². The second-order valence-corrected chi connectivity index (χ2v) is 4.93. The van der Waals surface area contributed by atoms with Crippen LogP contribution in [0.15, 0.2) is 24.4 Å². The van der Waals surface area contributed by atoms with Gasteiger partial charge in [-0.1, -0.05) is 18.6 Å². The normalized spacial score (nSPS) is 17.4. The van der Waals surface area contributed by atoms with Gasteiger partial charge in [0.05, 0.1) is 22.8 Å². The molecule has 0 bridgehead atoms. The summed E-state index contributed by atoms with van der Waals surface area (Å²) >= 11 is 0. The molecule has 3 rings (SSSR count). The number of rotatable bonds is 3. The van der Waals surface area contributed by atoms with Gasteiger partial charge in [-0.2, -0.15) is 5.10 Å². The summed E-state index contributed by atoms with van der Waals surface area (Å²) in [6.07, 6.45) is 4.59. The number of carbonyl (C=O) groups is 1. The SMILES string of the molecule is NCC1(C(=O)Nc2cccc3cn[nH]c23)CCC1. The number of aromatic amines is 1. The highest BCUT2D eigenvalue weighted by Crippen LogP contribution is 2.41. The van der Waals surface area contributed by atoms with Crippen LogP contribution in [0, 0.1) is 5.41 Å². The van der Waals surface area contributed by atoms with E-state index in [0.29, 0.717) is 6.54 Å². The van der Waals surface area contributed by atoms with Crippen molar-refractivity contribution in [2.75, 3.05) is 11.9 Å². The third-order valence-corrected chi connectivity index (χ3v) is 3.91. The van der Waals surface area contributed by atoms with Crippen molar-refractivity contribution < 1.29 is 4.79 Å². The van der Waals surface area contributed by atoms with Gasteiger partial charge >= 0.3 is 0 Å². The van der Waals surface area contributed by atoms with Crippen LogP contribution in [-0.2, 0) is 4.79 Å². The largest absolute Gasteiger partial charge is 0.329 e. The molecule has 0 radical (unpaired) electrons. The summed E-state index contributed by atoms with van der Waals surface area (Å²) in [6.45, 7) is 0.414. The molecule has 0 saturated heterocycles. The number of nitrogens with zero attached hydrogens (tertiary/aromatic N) is 1. The Bertz CT molecular complexity index is 580. The predicted octanol–water partition coefficient (Wildman–Crippen LogP) is 1.63. The highest BCUT2D eigenvalue weighted by atomic mass is 16.2. The summed E-state index contributed by atoms with van der Waals surface area (Å²) in [5, 5.41) is 10.9. The van der Waals surface area contributed by atoms with Gasteiger partial charge in [0.15, 0.2) is 0 Å². The van der Waals surface area contributed by atoms with Crippen LogP contribution in [0.25, 0.3) is 10.9 Å². The number of benzene rings is 1. The van der Waals surface area contributed by atoms with Gasteiger partial charge in [0.25, 0.3) is 0 Å². The van der Waals surface area contributed by atoms with Crippen LogP contribution in [0.2, 0.25) is 0 Å². The highest BCUT2D eigenvalue weighted by molar-refractivity contribution is 6.02. The Hall–Kier alpha value is -1.88. The highest BCUT2D eigenvalue weighted by Gasteiger charge is 2.42. The molecule has 0 aliphatic heterocycles. The van der Waals surface area contributed by atoms with Gasteiger partial charge in [0.1, 0.15) is 0 Å². The zero-order valence-electron chi connectivity index (χ0n) is 10.1. The van der Waals surface area contributed by atoms with Gasteiger partial charge in [-0.15, -0.1) is 0 Å². The fourth-order valence-corrected chi connectivity index (χ4v) is 2.46. The van der Waals surface area contributed by atoms with Crippen LogP contribution in [-0.4, -0.2) is 22.6 Å². The molecule has 0 atom stereocenters. The minimum absolute atomic E-state index is 0.0263. The van der Waals surface area contributed by atoms with E-state index in [1.165, 1.54) is 0 Å². The molecule has 1 aromatic carbocycles. The summed E-state index contributed by atoms with van der Waals surface area (Å²) in [5.41, 5.74) is 7.01. The van der Waals surface area contributed by atoms with E-state index in [4.69, 9.17) is 5.73 Å². The van der Waals surface area contributed by atoms with Gasteiger partial charge in [-0.25, -0.2) is 0 Å². The van der Waals surface area contributed by atoms with Crippen molar-refractivity contribution in [3.8, 4) is 0 Å². The molecule has 18 heavy (non-hydrogen) atoms. The van der Waals surface area contributed by atoms with E-state index in [1.54, 1.807) is 6.20 Å². The number of nitrogens with one attached hydrogen (secondary N) is 2. The number of anilines is 1. The van der Waals surface area contributed by atoms with Crippen molar-refractivity contribution in [2.24, 2.45) is 11.1 Å². The fraction of sp³-hybridized carbons (Fsp3) is 0.385. The monoisotopic (exact) mass is 244 g/mol. The number of fused-ring (bicyclic) bond motifs is 1. The lowest BCUT2D eigenvalue weighted by molar-refractivity contribution is -0.129. The summed E-state index contributed by atoms with van der Waals surface area (Å²) < 4.78 is 0. The number of carbonyl (C=O) groups excluding carboxylic acids is 1. The van der Waals surface area contributed by atoms with Gasteiger partial charge in [-0.3, -0.25) is 9.89 Å². The third-order valence-electron chi connectivity index (χ3n) is 3.91. The summed E-state index contributed by atoms with van der Waals surface area (Å²) in [7, 11) is 0. The van der Waals surface area contributed by atoms with E-state index >= 15 is 0 Å². The number of hydrogen-bond donors (Lipinski definition) is 3. The van der Waals surface area contributed by atoms with Crippen molar-refractivity contribution in [1.82, 2.24) is 10.2 Å². The molecule has 4 N–H and O–H groups in total. The summed E-state index contributed by atoms with van der Waals surface area (Å²) in [5.74, 6) is 0.0263. The first-order valence-corrected chi connectivity index (χ1v) is 6.19. The maximum atomic E-state index is 12.3. The van der Waals surface area contributed by atoms with Gasteiger partial charge in [-0.05, 0) is 18.9 Å². The van der Waals surface area contributed by atoms with E-state index in [9.17, 15) is 4.79 Å². The predicted molar refractivity (Wildman–Crippen MR) is 70.1 cm³/mol. The van der Waals surface area contributed by atoms with Crippen molar-refractivity contribution in [2.45, 2.75) is 19.3 Å². The Balaban J connectivity index is 1.88. The standard InChI is InChI=1S/C13H16N4O/c14-8-13(5-2-6-13)12(18)16-10-4-1-3-9-7-15-17-11(9)10/h1,3-4,7H,2,5-6,8,14H2,(H,15,17)(H,16,18). The Kier molecular flexibility index (Phi) is 2.56. The molecule has 5 nitrogen and oxygen atoms in total. The first-order chi connectivity index (χ1) is 8.75. The zero-order valence-corrected chi connectivity index (χ0v) is 10.1. The van der Waals surface area contributed by atoms with Crippen LogP contribution in [0.5, 0.6) is 0 Å². The average molecular weight is 244 g/mol. The van der Waals surface area contributed by atoms with Crippen molar-refractivity contribution in [1.29, 1.82) is 0 Å². The molecule has 0 unspecified atom stereocenters. The number of amides is 1. The van der Waals surface area contributed by atoms with Crippen LogP contribution in [0.1, 0.15) is 19.3 Å². The minimum Gasteiger partial charge on any atom is -0.329 e. The second kappa shape index (κ2) is 4.10. The van der Waals surface area contributed by atoms with Crippen molar-refractivity contribution >= 4 is 22.5 Å². The van der Waals surface area contributed by atoms with Crippen LogP contribution >= 0.6 is 0 Å². The molecule has 0 spiro atoms. The van der Waals surface area contributed by atoms with E-state index < -0.39 is 0 Å². The lowest BCUT2D eigenvalue weighted by Gasteiger charge is -2.39.